The Morgan fingerprint density at radius 1 is 1.08 bits per heavy atom. The van der Waals surface area contributed by atoms with Crippen molar-refractivity contribution in [2.24, 2.45) is 17.3 Å². The van der Waals surface area contributed by atoms with E-state index in [-0.39, 0.29) is 43.7 Å². The first-order valence-electron chi connectivity index (χ1n) is 22.6. The van der Waals surface area contributed by atoms with Crippen LogP contribution in [0.5, 0.6) is 5.75 Å². The van der Waals surface area contributed by atoms with Crippen molar-refractivity contribution in [1.29, 1.82) is 0 Å². The van der Waals surface area contributed by atoms with E-state index in [1.165, 1.54) is 14.8 Å². The number of cyclic esters (lactones) is 1. The van der Waals surface area contributed by atoms with Gasteiger partial charge < -0.3 is 39.4 Å². The van der Waals surface area contributed by atoms with Crippen molar-refractivity contribution in [3.63, 3.8) is 0 Å². The van der Waals surface area contributed by atoms with Gasteiger partial charge in [0, 0.05) is 81.0 Å². The third-order valence-corrected chi connectivity index (χ3v) is 13.0. The highest BCUT2D eigenvalue weighted by Crippen LogP contribution is 2.41. The van der Waals surface area contributed by atoms with E-state index in [1.807, 2.05) is 38.2 Å². The molecule has 2 aromatic carbocycles. The molecule has 5 heterocycles. The Bertz CT molecular complexity index is 2450. The maximum absolute atomic E-state index is 14.7. The molecule has 4 atom stereocenters. The van der Waals surface area contributed by atoms with Crippen LogP contribution in [0.2, 0.25) is 0 Å². The second-order valence-corrected chi connectivity index (χ2v) is 18.8. The number of phenols is 1. The van der Waals surface area contributed by atoms with Gasteiger partial charge in [0.1, 0.15) is 30.5 Å². The summed E-state index contributed by atoms with van der Waals surface area (Å²) in [4.78, 5) is 76.4. The summed E-state index contributed by atoms with van der Waals surface area (Å²) in [6, 6.07) is 10.3. The molecule has 348 valence electrons. The van der Waals surface area contributed by atoms with Crippen LogP contribution in [0, 0.1) is 17.3 Å². The molecule has 16 nitrogen and oxygen atoms in total. The van der Waals surface area contributed by atoms with Gasteiger partial charge in [0.15, 0.2) is 0 Å². The van der Waals surface area contributed by atoms with E-state index >= 15 is 0 Å². The number of carbonyl (C=O) groups excluding carboxylic acids is 5. The number of fused-ring (bicyclic) bond motifs is 6. The van der Waals surface area contributed by atoms with Crippen LogP contribution in [-0.2, 0) is 59.4 Å². The summed E-state index contributed by atoms with van der Waals surface area (Å²) < 4.78 is 14.0. The number of amides is 4. The highest BCUT2D eigenvalue weighted by Gasteiger charge is 2.40. The van der Waals surface area contributed by atoms with E-state index in [0.717, 1.165) is 38.9 Å². The summed E-state index contributed by atoms with van der Waals surface area (Å²) in [6.45, 7) is 11.1. The first-order valence-corrected chi connectivity index (χ1v) is 22.6. The maximum Gasteiger partial charge on any atom is 0.324 e. The molecule has 0 unspecified atom stereocenters. The molecule has 0 radical (unpaired) electrons. The SMILES string of the molecule is CCn1c(-c2cnccc2COC)c2c3cc(ccc31)-c1cc(O)cc(c1)C[C@H](NC(=O)[C@H](C(C)C)N(C)C(=O)[C@H]1CCN(C(=O)CO)C1)C(=O)N1CCC[C@H](N1)C(=O)OCC(C)(C)C2. The molecule has 3 aliphatic rings. The van der Waals surface area contributed by atoms with Gasteiger partial charge in [-0.2, -0.15) is 0 Å². The van der Waals surface area contributed by atoms with Crippen molar-refractivity contribution < 1.29 is 43.7 Å². The number of aromatic nitrogens is 2. The number of phenolic OH excluding ortho intramolecular Hbond substituents is 1. The highest BCUT2D eigenvalue weighted by molar-refractivity contribution is 5.96. The fourth-order valence-corrected chi connectivity index (χ4v) is 9.83. The van der Waals surface area contributed by atoms with Crippen LogP contribution >= 0.6 is 0 Å². The van der Waals surface area contributed by atoms with Gasteiger partial charge in [0.25, 0.3) is 5.91 Å². The van der Waals surface area contributed by atoms with Crippen LogP contribution in [0.4, 0.5) is 0 Å². The van der Waals surface area contributed by atoms with Crippen molar-refractivity contribution in [1.82, 2.24) is 35.1 Å². The Kier molecular flexibility index (Phi) is 14.3. The Morgan fingerprint density at radius 2 is 1.86 bits per heavy atom. The quantitative estimate of drug-likeness (QED) is 0.167. The minimum absolute atomic E-state index is 0.0214. The number of nitrogens with one attached hydrogen (secondary N) is 2. The molecule has 0 saturated carbocycles. The van der Waals surface area contributed by atoms with Crippen LogP contribution in [0.3, 0.4) is 0 Å². The van der Waals surface area contributed by atoms with Crippen molar-refractivity contribution in [2.45, 2.75) is 98.0 Å². The smallest absolute Gasteiger partial charge is 0.324 e. The maximum atomic E-state index is 14.7. The van der Waals surface area contributed by atoms with Crippen molar-refractivity contribution in [2.75, 3.05) is 47.0 Å². The number of aliphatic hydroxyl groups excluding tert-OH is 1. The van der Waals surface area contributed by atoms with E-state index in [2.05, 4.69) is 53.2 Å². The van der Waals surface area contributed by atoms with E-state index in [4.69, 9.17) is 9.47 Å². The fraction of sp³-hybridized carbons (Fsp3) is 0.510. The number of hydrazine groups is 1. The first kappa shape index (κ1) is 47.1. The molecular formula is C49H63N7O9. The molecule has 4 amide bonds. The highest BCUT2D eigenvalue weighted by atomic mass is 16.5. The number of esters is 1. The van der Waals surface area contributed by atoms with Gasteiger partial charge in [-0.15, -0.1) is 0 Å². The van der Waals surface area contributed by atoms with Gasteiger partial charge in [0.05, 0.1) is 24.8 Å². The second-order valence-electron chi connectivity index (χ2n) is 18.8. The first-order chi connectivity index (χ1) is 31.0. The van der Waals surface area contributed by atoms with Crippen LogP contribution in [0.1, 0.15) is 70.6 Å². The lowest BCUT2D eigenvalue weighted by atomic mass is 9.84. The standard InChI is InChI=1S/C49H63N7O9/c1-8-55-41-12-11-31-22-36(41)37(44(55)38-24-50-15-13-33(38)27-64-7)23-49(4,5)28-65-48(63)39-10-9-16-56(52-39)47(62)40(20-30-18-34(31)21-35(58)19-30)51-45(60)43(29(2)3)53(6)46(61)32-14-17-54(25-32)42(59)26-57/h11-13,15,18-19,21-22,24,29,32,39-40,43,52,57-58H,8-10,14,16-17,20,23,25-28H2,1-7H3,(H,51,60)/t32-,39-,40-,43-/m0/s1. The Labute approximate surface area is 380 Å². The van der Waals surface area contributed by atoms with E-state index in [0.29, 0.717) is 56.5 Å². The number of aryl methyl sites for hydroxylation is 1. The van der Waals surface area contributed by atoms with E-state index in [9.17, 15) is 34.2 Å². The van der Waals surface area contributed by atoms with Gasteiger partial charge >= 0.3 is 5.97 Å². The lowest BCUT2D eigenvalue weighted by Gasteiger charge is -2.37. The van der Waals surface area contributed by atoms with Gasteiger partial charge in [-0.05, 0) is 96.7 Å². The molecule has 6 bridgehead atoms. The summed E-state index contributed by atoms with van der Waals surface area (Å²) in [5.41, 5.74) is 9.65. The number of methoxy groups -OCH3 is 1. The van der Waals surface area contributed by atoms with Crippen LogP contribution in [0.15, 0.2) is 54.9 Å². The Hall–Kier alpha value is -5.84. The van der Waals surface area contributed by atoms with Crippen molar-refractivity contribution in [3.05, 3.63) is 71.5 Å². The number of hydrogen-bond acceptors (Lipinski definition) is 11. The van der Waals surface area contributed by atoms with E-state index in [1.54, 1.807) is 32.5 Å². The summed E-state index contributed by atoms with van der Waals surface area (Å²) in [6.07, 6.45) is 5.47. The predicted octanol–water partition coefficient (Wildman–Crippen LogP) is 4.21. The molecule has 0 aliphatic carbocycles. The summed E-state index contributed by atoms with van der Waals surface area (Å²) in [5.74, 6) is -3.26. The molecule has 3 aliphatic heterocycles. The molecule has 2 aromatic heterocycles. The molecule has 7 rings (SSSR count). The third-order valence-electron chi connectivity index (χ3n) is 13.0. The number of likely N-dealkylation sites (tertiary alicyclic amines) is 1. The Balaban J connectivity index is 1.30. The van der Waals surface area contributed by atoms with Crippen LogP contribution in [0.25, 0.3) is 33.3 Å². The van der Waals surface area contributed by atoms with Gasteiger partial charge in [-0.25, -0.2) is 5.43 Å². The number of ether oxygens (including phenoxy) is 2. The zero-order valence-electron chi connectivity index (χ0n) is 38.6. The summed E-state index contributed by atoms with van der Waals surface area (Å²) >= 11 is 0. The molecule has 2 fully saturated rings. The number of rotatable bonds is 10. The Morgan fingerprint density at radius 3 is 2.58 bits per heavy atom. The minimum Gasteiger partial charge on any atom is -0.508 e. The number of carbonyl (C=O) groups is 5. The molecule has 16 heteroatoms. The number of aliphatic hydroxyl groups is 1. The second kappa shape index (κ2) is 19.7. The molecular weight excluding hydrogens is 831 g/mol. The number of hydrogen-bond donors (Lipinski definition) is 4. The number of pyridine rings is 1. The average Bonchev–Trinajstić information content (AvgIpc) is 3.90. The average molecular weight is 894 g/mol. The minimum atomic E-state index is -1.18. The topological polar surface area (TPSA) is 196 Å². The third kappa shape index (κ3) is 10.0. The fourth-order valence-electron chi connectivity index (χ4n) is 9.83. The predicted molar refractivity (Wildman–Crippen MR) is 244 cm³/mol. The molecule has 0 spiro atoms. The lowest BCUT2D eigenvalue weighted by Crippen LogP contribution is -2.62. The van der Waals surface area contributed by atoms with Crippen LogP contribution in [-0.4, -0.2) is 129 Å². The number of benzene rings is 2. The lowest BCUT2D eigenvalue weighted by molar-refractivity contribution is -0.155. The normalized spacial score (nSPS) is 20.7. The number of nitrogens with zero attached hydrogens (tertiary/aromatic N) is 5. The van der Waals surface area contributed by atoms with E-state index < -0.39 is 59.8 Å². The zero-order chi connectivity index (χ0) is 46.7. The van der Waals surface area contributed by atoms with Gasteiger partial charge in [0.2, 0.25) is 17.7 Å². The summed E-state index contributed by atoms with van der Waals surface area (Å²) in [7, 11) is 3.22. The van der Waals surface area contributed by atoms with Crippen molar-refractivity contribution in [3.8, 4) is 28.1 Å². The molecule has 2 saturated heterocycles. The van der Waals surface area contributed by atoms with Crippen molar-refractivity contribution >= 4 is 40.5 Å². The number of likely N-dealkylation sites (N-methyl/N-ethyl adjacent to an activating group) is 1. The summed E-state index contributed by atoms with van der Waals surface area (Å²) in [5, 5.41) is 26.0. The van der Waals surface area contributed by atoms with Gasteiger partial charge in [-0.3, -0.25) is 34.0 Å². The monoisotopic (exact) mass is 893 g/mol. The van der Waals surface area contributed by atoms with Crippen LogP contribution < -0.4 is 10.7 Å². The molecule has 4 N–H and O–H groups in total. The zero-order valence-corrected chi connectivity index (χ0v) is 38.6. The number of aromatic hydroxyl groups is 1. The molecule has 4 aromatic rings. The molecule has 65 heavy (non-hydrogen) atoms. The largest absolute Gasteiger partial charge is 0.508 e. The van der Waals surface area contributed by atoms with Gasteiger partial charge in [-0.1, -0.05) is 39.8 Å².